The van der Waals surface area contributed by atoms with Gasteiger partial charge in [0.2, 0.25) is 0 Å². The second-order valence-electron chi connectivity index (χ2n) is 7.25. The molecule has 3 amide bonds. The Labute approximate surface area is 155 Å². The molecule has 3 aliphatic heterocycles. The number of urea groups is 1. The predicted octanol–water partition coefficient (Wildman–Crippen LogP) is 0.179. The summed E-state index contributed by atoms with van der Waals surface area (Å²) in [6.07, 6.45) is 2.62. The fraction of sp³-hybridized carbons (Fsp3) is 0.857. The van der Waals surface area contributed by atoms with E-state index in [0.29, 0.717) is 29.7 Å². The van der Waals surface area contributed by atoms with Crippen molar-refractivity contribution in [1.29, 1.82) is 0 Å². The van der Waals surface area contributed by atoms with Crippen LogP contribution in [0.4, 0.5) is 4.79 Å². The van der Waals surface area contributed by atoms with Crippen LogP contribution in [0.2, 0.25) is 0 Å². The third kappa shape index (κ3) is 3.52. The maximum Gasteiger partial charge on any atom is 0.418 e. The van der Waals surface area contributed by atoms with Gasteiger partial charge in [-0.3, -0.25) is 14.2 Å². The van der Waals surface area contributed by atoms with Crippen molar-refractivity contribution >= 4 is 34.1 Å². The molecule has 1 saturated carbocycles. The van der Waals surface area contributed by atoms with Crippen LogP contribution in [0.5, 0.6) is 0 Å². The number of amides is 3. The topological polar surface area (TPSA) is 125 Å². The lowest BCUT2D eigenvalue weighted by molar-refractivity contribution is -0.143. The van der Waals surface area contributed by atoms with Crippen LogP contribution in [-0.2, 0) is 24.3 Å². The Balaban J connectivity index is 1.32. The minimum atomic E-state index is -4.79. The van der Waals surface area contributed by atoms with E-state index in [4.69, 9.17) is 9.39 Å². The third-order valence-corrected chi connectivity index (χ3v) is 7.26. The Morgan fingerprint density at radius 1 is 1.23 bits per heavy atom. The second-order valence-corrected chi connectivity index (χ2v) is 9.32. The molecule has 26 heavy (non-hydrogen) atoms. The van der Waals surface area contributed by atoms with E-state index in [-0.39, 0.29) is 12.6 Å². The molecule has 0 radical (unpaired) electrons. The van der Waals surface area contributed by atoms with Crippen LogP contribution >= 0.6 is 11.8 Å². The number of rotatable bonds is 5. The Morgan fingerprint density at radius 2 is 1.92 bits per heavy atom. The first-order chi connectivity index (χ1) is 12.3. The van der Waals surface area contributed by atoms with Crippen molar-refractivity contribution in [3.63, 3.8) is 0 Å². The van der Waals surface area contributed by atoms with Crippen LogP contribution < -0.4 is 5.48 Å². The van der Waals surface area contributed by atoms with E-state index >= 15 is 0 Å². The lowest BCUT2D eigenvalue weighted by Gasteiger charge is -2.29. The maximum absolute atomic E-state index is 12.5. The van der Waals surface area contributed by atoms with Gasteiger partial charge in [-0.15, -0.1) is 4.28 Å². The standard InChI is InChI=1S/C14H21N3O7S2/c18-13(15-23-11-3-8-6-25-7-9(8)4-11)12-2-1-10-5-16(12)14(19)17(10)24-26(20,21)22/h8-12H,1-7H2,(H,15,18)(H,20,21,22). The second kappa shape index (κ2) is 6.82. The highest BCUT2D eigenvalue weighted by atomic mass is 32.3. The van der Waals surface area contributed by atoms with Crippen molar-refractivity contribution in [3.8, 4) is 0 Å². The zero-order chi connectivity index (χ0) is 18.5. The number of thioether (sulfide) groups is 1. The fourth-order valence-corrected chi connectivity index (χ4v) is 6.29. The molecule has 0 aromatic carbocycles. The average molecular weight is 407 g/mol. The SMILES string of the molecule is O=C(NOC1CC2CSCC2C1)C1CCC2CN1C(=O)N2OS(=O)(=O)O. The van der Waals surface area contributed by atoms with E-state index in [9.17, 15) is 18.0 Å². The van der Waals surface area contributed by atoms with Gasteiger partial charge in [-0.25, -0.2) is 10.3 Å². The van der Waals surface area contributed by atoms with E-state index in [2.05, 4.69) is 9.76 Å². The van der Waals surface area contributed by atoms with Crippen molar-refractivity contribution in [2.24, 2.45) is 11.8 Å². The van der Waals surface area contributed by atoms with Crippen LogP contribution in [-0.4, -0.2) is 71.1 Å². The summed E-state index contributed by atoms with van der Waals surface area (Å²) < 4.78 is 34.9. The maximum atomic E-state index is 12.5. The van der Waals surface area contributed by atoms with Crippen molar-refractivity contribution in [3.05, 3.63) is 0 Å². The Morgan fingerprint density at radius 3 is 2.58 bits per heavy atom. The summed E-state index contributed by atoms with van der Waals surface area (Å²) in [4.78, 5) is 31.6. The summed E-state index contributed by atoms with van der Waals surface area (Å²) in [7, 11) is -4.79. The Kier molecular flexibility index (Phi) is 4.80. The summed E-state index contributed by atoms with van der Waals surface area (Å²) in [6, 6.07) is -2.01. The van der Waals surface area contributed by atoms with Gasteiger partial charge in [-0.05, 0) is 49.0 Å². The van der Waals surface area contributed by atoms with E-state index in [1.165, 1.54) is 4.90 Å². The van der Waals surface area contributed by atoms with Crippen LogP contribution in [0.25, 0.3) is 0 Å². The first-order valence-corrected chi connectivity index (χ1v) is 11.1. The average Bonchev–Trinajstić information content (AvgIpc) is 3.22. The highest BCUT2D eigenvalue weighted by molar-refractivity contribution is 7.99. The van der Waals surface area contributed by atoms with Crippen molar-refractivity contribution < 1.29 is 31.7 Å². The molecule has 0 spiro atoms. The molecule has 4 unspecified atom stereocenters. The minimum absolute atomic E-state index is 0.000155. The third-order valence-electron chi connectivity index (χ3n) is 5.59. The summed E-state index contributed by atoms with van der Waals surface area (Å²) in [5, 5.41) is 0.624. The zero-order valence-corrected chi connectivity index (χ0v) is 15.6. The number of hydrogen-bond donors (Lipinski definition) is 2. The molecule has 146 valence electrons. The van der Waals surface area contributed by atoms with Gasteiger partial charge in [-0.1, -0.05) is 0 Å². The first-order valence-electron chi connectivity index (χ1n) is 8.62. The number of carbonyl (C=O) groups is 2. The number of hydrogen-bond acceptors (Lipinski definition) is 7. The van der Waals surface area contributed by atoms with Crippen LogP contribution in [0.1, 0.15) is 25.7 Å². The number of carbonyl (C=O) groups excluding carboxylic acids is 2. The number of piperidine rings is 1. The molecule has 2 N–H and O–H groups in total. The van der Waals surface area contributed by atoms with Gasteiger partial charge in [0.25, 0.3) is 5.91 Å². The molecule has 4 fully saturated rings. The summed E-state index contributed by atoms with van der Waals surface area (Å²) in [5.74, 6) is 3.19. The van der Waals surface area contributed by atoms with Crippen molar-refractivity contribution in [2.45, 2.75) is 43.9 Å². The molecule has 10 nitrogen and oxygen atoms in total. The molecular formula is C14H21N3O7S2. The zero-order valence-electron chi connectivity index (χ0n) is 13.9. The van der Waals surface area contributed by atoms with E-state index in [1.807, 2.05) is 11.8 Å². The van der Waals surface area contributed by atoms with Crippen LogP contribution in [0, 0.1) is 11.8 Å². The number of fused-ring (bicyclic) bond motifs is 3. The normalized spacial score (nSPS) is 36.5. The molecule has 3 heterocycles. The lowest BCUT2D eigenvalue weighted by atomic mass is 10.0. The van der Waals surface area contributed by atoms with Gasteiger partial charge in [0.05, 0.1) is 12.1 Å². The number of nitrogens with zero attached hydrogens (tertiary/aromatic N) is 2. The highest BCUT2D eigenvalue weighted by Crippen LogP contribution is 2.42. The largest absolute Gasteiger partial charge is 0.418 e. The molecule has 0 aromatic heterocycles. The fourth-order valence-electron chi connectivity index (χ4n) is 4.35. The van der Waals surface area contributed by atoms with Gasteiger partial charge in [0, 0.05) is 6.54 Å². The molecule has 0 aromatic rings. The smallest absolute Gasteiger partial charge is 0.309 e. The molecular weight excluding hydrogens is 386 g/mol. The summed E-state index contributed by atoms with van der Waals surface area (Å²) in [5.41, 5.74) is 2.48. The predicted molar refractivity (Wildman–Crippen MR) is 89.9 cm³/mol. The molecule has 2 bridgehead atoms. The monoisotopic (exact) mass is 407 g/mol. The van der Waals surface area contributed by atoms with Crippen molar-refractivity contribution in [1.82, 2.24) is 15.4 Å². The van der Waals surface area contributed by atoms with E-state index in [1.54, 1.807) is 0 Å². The lowest BCUT2D eigenvalue weighted by Crippen LogP contribution is -2.50. The van der Waals surface area contributed by atoms with Gasteiger partial charge in [0.15, 0.2) is 0 Å². The summed E-state index contributed by atoms with van der Waals surface area (Å²) >= 11 is 1.96. The highest BCUT2D eigenvalue weighted by Gasteiger charge is 2.49. The van der Waals surface area contributed by atoms with Crippen molar-refractivity contribution in [2.75, 3.05) is 18.1 Å². The molecule has 4 aliphatic rings. The Hall–Kier alpha value is -1.08. The number of nitrogens with one attached hydrogen (secondary N) is 1. The summed E-state index contributed by atoms with van der Waals surface area (Å²) in [6.45, 7) is 0.164. The van der Waals surface area contributed by atoms with E-state index in [0.717, 1.165) is 24.3 Å². The minimum Gasteiger partial charge on any atom is -0.309 e. The Bertz CT molecular complexity index is 691. The number of hydroxylamine groups is 3. The van der Waals surface area contributed by atoms with Gasteiger partial charge in [0.1, 0.15) is 6.04 Å². The molecule has 4 rings (SSSR count). The molecule has 3 saturated heterocycles. The van der Waals surface area contributed by atoms with Crippen LogP contribution in [0.3, 0.4) is 0 Å². The van der Waals surface area contributed by atoms with Gasteiger partial charge in [-0.2, -0.15) is 25.2 Å². The molecule has 12 heteroatoms. The first kappa shape index (κ1) is 18.3. The van der Waals surface area contributed by atoms with Gasteiger partial charge < -0.3 is 4.90 Å². The van der Waals surface area contributed by atoms with Crippen LogP contribution in [0.15, 0.2) is 0 Å². The van der Waals surface area contributed by atoms with E-state index < -0.39 is 34.4 Å². The van der Waals surface area contributed by atoms with Gasteiger partial charge >= 0.3 is 16.4 Å². The molecule has 1 aliphatic carbocycles. The molecule has 4 atom stereocenters. The quantitative estimate of drug-likeness (QED) is 0.488.